The fraction of sp³-hybridized carbons (Fsp3) is 0.526. The summed E-state index contributed by atoms with van der Waals surface area (Å²) in [5, 5.41) is 12.5. The van der Waals surface area contributed by atoms with Crippen LogP contribution in [0.25, 0.3) is 0 Å². The first kappa shape index (κ1) is 18.0. The van der Waals surface area contributed by atoms with Gasteiger partial charge < -0.3 is 9.88 Å². The Balaban J connectivity index is 1.43. The van der Waals surface area contributed by atoms with Gasteiger partial charge in [0.05, 0.1) is 5.75 Å². The van der Waals surface area contributed by atoms with E-state index in [1.165, 1.54) is 36.6 Å². The lowest BCUT2D eigenvalue weighted by molar-refractivity contribution is -0.119. The van der Waals surface area contributed by atoms with Crippen LogP contribution >= 0.6 is 11.8 Å². The summed E-state index contributed by atoms with van der Waals surface area (Å²) in [4.78, 5) is 12.2. The highest BCUT2D eigenvalue weighted by Crippen LogP contribution is 2.21. The van der Waals surface area contributed by atoms with Crippen molar-refractivity contribution in [2.24, 2.45) is 0 Å². The van der Waals surface area contributed by atoms with Crippen molar-refractivity contribution >= 4 is 17.7 Å². The summed E-state index contributed by atoms with van der Waals surface area (Å²) in [6, 6.07) is 10.6. The summed E-state index contributed by atoms with van der Waals surface area (Å²) in [6.07, 6.45) is 6.51. The van der Waals surface area contributed by atoms with Gasteiger partial charge in [-0.15, -0.1) is 10.2 Å². The molecule has 1 aromatic carbocycles. The van der Waals surface area contributed by atoms with Crippen molar-refractivity contribution in [1.29, 1.82) is 0 Å². The highest BCUT2D eigenvalue weighted by molar-refractivity contribution is 7.99. The van der Waals surface area contributed by atoms with Gasteiger partial charge >= 0.3 is 0 Å². The number of hydrogen-bond acceptors (Lipinski definition) is 4. The molecule has 0 spiro atoms. The van der Waals surface area contributed by atoms with Crippen LogP contribution in [0.1, 0.15) is 44.0 Å². The van der Waals surface area contributed by atoms with Gasteiger partial charge in [-0.2, -0.15) is 0 Å². The number of nitrogens with one attached hydrogen (secondary N) is 1. The minimum Gasteiger partial charge on any atom is -0.353 e. The van der Waals surface area contributed by atoms with Gasteiger partial charge in [0, 0.05) is 19.0 Å². The predicted molar refractivity (Wildman–Crippen MR) is 101 cm³/mol. The van der Waals surface area contributed by atoms with Crippen LogP contribution in [0, 0.1) is 0 Å². The molecule has 0 fully saturated rings. The van der Waals surface area contributed by atoms with Gasteiger partial charge in [-0.25, -0.2) is 0 Å². The number of fused-ring (bicyclic) bond motifs is 1. The number of nitrogens with zero attached hydrogens (tertiary/aromatic N) is 3. The highest BCUT2D eigenvalue weighted by atomic mass is 32.2. The van der Waals surface area contributed by atoms with Gasteiger partial charge in [0.25, 0.3) is 0 Å². The average molecular weight is 359 g/mol. The Bertz CT molecular complexity index is 686. The third-order valence-electron chi connectivity index (χ3n) is 4.52. The van der Waals surface area contributed by atoms with E-state index >= 15 is 0 Å². The molecule has 0 radical (unpaired) electrons. The zero-order chi connectivity index (χ0) is 17.5. The van der Waals surface area contributed by atoms with E-state index in [4.69, 9.17) is 0 Å². The molecule has 5 nitrogen and oxygen atoms in total. The maximum absolute atomic E-state index is 12.2. The minimum absolute atomic E-state index is 0.0662. The Morgan fingerprint density at radius 2 is 2.08 bits per heavy atom. The first-order valence-corrected chi connectivity index (χ1v) is 10.1. The second kappa shape index (κ2) is 9.04. The van der Waals surface area contributed by atoms with Crippen LogP contribution in [0.2, 0.25) is 0 Å². The molecule has 3 rings (SSSR count). The van der Waals surface area contributed by atoms with Crippen molar-refractivity contribution in [1.82, 2.24) is 20.1 Å². The topological polar surface area (TPSA) is 59.8 Å². The number of hydrogen-bond donors (Lipinski definition) is 1. The molecular weight excluding hydrogens is 332 g/mol. The first-order valence-electron chi connectivity index (χ1n) is 9.10. The van der Waals surface area contributed by atoms with Gasteiger partial charge in [-0.05, 0) is 38.2 Å². The third-order valence-corrected chi connectivity index (χ3v) is 5.49. The Morgan fingerprint density at radius 1 is 1.24 bits per heavy atom. The minimum atomic E-state index is 0.0662. The van der Waals surface area contributed by atoms with Gasteiger partial charge in [0.2, 0.25) is 5.91 Å². The monoisotopic (exact) mass is 358 g/mol. The molecule has 2 heterocycles. The maximum Gasteiger partial charge on any atom is 0.230 e. The molecule has 2 aromatic rings. The van der Waals surface area contributed by atoms with E-state index in [1.54, 1.807) is 0 Å². The number of carbonyl (C=O) groups is 1. The second-order valence-electron chi connectivity index (χ2n) is 6.64. The number of benzene rings is 1. The van der Waals surface area contributed by atoms with Crippen molar-refractivity contribution < 1.29 is 4.79 Å². The number of amides is 1. The van der Waals surface area contributed by atoms with Gasteiger partial charge in [-0.3, -0.25) is 4.79 Å². The third kappa shape index (κ3) is 5.33. The van der Waals surface area contributed by atoms with E-state index in [0.717, 1.165) is 36.8 Å². The molecule has 6 heteroatoms. The Hall–Kier alpha value is -1.82. The Labute approximate surface area is 153 Å². The van der Waals surface area contributed by atoms with Gasteiger partial charge in [0.1, 0.15) is 5.82 Å². The summed E-state index contributed by atoms with van der Waals surface area (Å²) < 4.78 is 2.18. The average Bonchev–Trinajstić information content (AvgIpc) is 2.85. The number of carbonyl (C=O) groups excluding carboxylic acids is 1. The molecule has 0 saturated heterocycles. The summed E-state index contributed by atoms with van der Waals surface area (Å²) in [7, 11) is 0. The van der Waals surface area contributed by atoms with Crippen LogP contribution in [0.4, 0.5) is 0 Å². The molecule has 1 amide bonds. The van der Waals surface area contributed by atoms with Gasteiger partial charge in [0.15, 0.2) is 5.16 Å². The van der Waals surface area contributed by atoms with E-state index in [9.17, 15) is 4.79 Å². The van der Waals surface area contributed by atoms with Gasteiger partial charge in [-0.1, -0.05) is 48.5 Å². The molecule has 1 aliphatic heterocycles. The Morgan fingerprint density at radius 3 is 2.92 bits per heavy atom. The Kier molecular flexibility index (Phi) is 6.50. The SMILES string of the molecule is C[C@H](CCc1ccccc1)NC(=O)CSc1nnc2n1CCCCC2. The smallest absolute Gasteiger partial charge is 0.230 e. The van der Waals surface area contributed by atoms with E-state index in [1.807, 2.05) is 6.07 Å². The number of aromatic nitrogens is 3. The molecule has 1 N–H and O–H groups in total. The maximum atomic E-state index is 12.2. The van der Waals surface area contributed by atoms with Crippen LogP contribution in [0.5, 0.6) is 0 Å². The van der Waals surface area contributed by atoms with E-state index in [-0.39, 0.29) is 11.9 Å². The quantitative estimate of drug-likeness (QED) is 0.772. The lowest BCUT2D eigenvalue weighted by atomic mass is 10.1. The number of aryl methyl sites for hydroxylation is 2. The largest absolute Gasteiger partial charge is 0.353 e. The van der Waals surface area contributed by atoms with Crippen molar-refractivity contribution in [3.8, 4) is 0 Å². The van der Waals surface area contributed by atoms with E-state index in [2.05, 4.69) is 51.3 Å². The zero-order valence-electron chi connectivity index (χ0n) is 14.8. The second-order valence-corrected chi connectivity index (χ2v) is 7.59. The molecule has 25 heavy (non-hydrogen) atoms. The fourth-order valence-corrected chi connectivity index (χ4v) is 3.91. The molecule has 134 valence electrons. The van der Waals surface area contributed by atoms with Crippen LogP contribution in [-0.2, 0) is 24.2 Å². The van der Waals surface area contributed by atoms with Crippen molar-refractivity contribution in [2.45, 2.75) is 63.2 Å². The number of thioether (sulfide) groups is 1. The first-order chi connectivity index (χ1) is 12.2. The molecule has 1 atom stereocenters. The van der Waals surface area contributed by atoms with E-state index in [0.29, 0.717) is 5.75 Å². The lowest BCUT2D eigenvalue weighted by Crippen LogP contribution is -2.34. The molecule has 0 unspecified atom stereocenters. The van der Waals surface area contributed by atoms with Crippen LogP contribution in [0.3, 0.4) is 0 Å². The molecule has 0 saturated carbocycles. The lowest BCUT2D eigenvalue weighted by Gasteiger charge is -2.14. The zero-order valence-corrected chi connectivity index (χ0v) is 15.6. The van der Waals surface area contributed by atoms with Crippen LogP contribution in [-0.4, -0.2) is 32.5 Å². The fourth-order valence-electron chi connectivity index (χ4n) is 3.11. The van der Waals surface area contributed by atoms with Crippen molar-refractivity contribution in [3.05, 3.63) is 41.7 Å². The highest BCUT2D eigenvalue weighted by Gasteiger charge is 2.16. The predicted octanol–water partition coefficient (Wildman–Crippen LogP) is 3.23. The standard InChI is InChI=1S/C19H26N4OS/c1-15(11-12-16-8-4-2-5-9-16)20-18(24)14-25-19-22-21-17-10-6-3-7-13-23(17)19/h2,4-5,8-9,15H,3,6-7,10-14H2,1H3,(H,20,24)/t15-/m1/s1. The summed E-state index contributed by atoms with van der Waals surface area (Å²) >= 11 is 1.49. The molecule has 0 bridgehead atoms. The van der Waals surface area contributed by atoms with Crippen molar-refractivity contribution in [2.75, 3.05) is 5.75 Å². The molecular formula is C19H26N4OS. The molecule has 0 aliphatic carbocycles. The molecule has 1 aliphatic rings. The normalized spacial score (nSPS) is 15.2. The van der Waals surface area contributed by atoms with Crippen LogP contribution in [0.15, 0.2) is 35.5 Å². The summed E-state index contributed by atoms with van der Waals surface area (Å²) in [6.45, 7) is 3.04. The molecule has 1 aromatic heterocycles. The summed E-state index contributed by atoms with van der Waals surface area (Å²) in [5.41, 5.74) is 1.31. The van der Waals surface area contributed by atoms with Crippen molar-refractivity contribution in [3.63, 3.8) is 0 Å². The number of rotatable bonds is 7. The van der Waals surface area contributed by atoms with Crippen LogP contribution < -0.4 is 5.32 Å². The summed E-state index contributed by atoms with van der Waals surface area (Å²) in [5.74, 6) is 1.53. The van der Waals surface area contributed by atoms with E-state index < -0.39 is 0 Å².